The molecule has 6 heteroatoms. The molecule has 110 valence electrons. The summed E-state index contributed by atoms with van der Waals surface area (Å²) in [6.07, 6.45) is 0. The Morgan fingerprint density at radius 3 is 2.38 bits per heavy atom. The minimum absolute atomic E-state index is 0.144. The van der Waals surface area contributed by atoms with Crippen molar-refractivity contribution in [1.82, 2.24) is 5.32 Å². The van der Waals surface area contributed by atoms with Crippen LogP contribution in [-0.2, 0) is 6.54 Å². The molecule has 0 saturated carbocycles. The van der Waals surface area contributed by atoms with Crippen LogP contribution in [0.25, 0.3) is 0 Å². The van der Waals surface area contributed by atoms with E-state index in [9.17, 15) is 9.59 Å². The molecule has 1 heterocycles. The summed E-state index contributed by atoms with van der Waals surface area (Å²) in [5.74, 6) is 0.240. The van der Waals surface area contributed by atoms with Gasteiger partial charge in [-0.05, 0) is 43.3 Å². The van der Waals surface area contributed by atoms with Crippen LogP contribution in [0.15, 0.2) is 40.8 Å². The number of carbonyl (C=O) groups is 2. The van der Waals surface area contributed by atoms with Crippen LogP contribution in [0.5, 0.6) is 0 Å². The maximum Gasteiger partial charge on any atom is 0.291 e. The highest BCUT2D eigenvalue weighted by Gasteiger charge is 2.11. The zero-order chi connectivity index (χ0) is 15.2. The number of anilines is 1. The summed E-state index contributed by atoms with van der Waals surface area (Å²) in [5.41, 5.74) is 6.54. The highest BCUT2D eigenvalue weighted by molar-refractivity contribution is 6.02. The molecular weight excluding hydrogens is 270 g/mol. The lowest BCUT2D eigenvalue weighted by Crippen LogP contribution is -2.22. The van der Waals surface area contributed by atoms with Gasteiger partial charge in [0.05, 0.1) is 6.54 Å². The molecule has 1 aromatic carbocycles. The number of hydrogen-bond acceptors (Lipinski definition) is 4. The van der Waals surface area contributed by atoms with Crippen molar-refractivity contribution < 1.29 is 14.0 Å². The van der Waals surface area contributed by atoms with E-state index in [1.165, 1.54) is 0 Å². The van der Waals surface area contributed by atoms with Crippen LogP contribution in [0, 0.1) is 0 Å². The average Bonchev–Trinajstić information content (AvgIpc) is 2.97. The molecule has 6 nitrogen and oxygen atoms in total. The standard InChI is InChI=1S/C15H17N3O3/c1-2-17-14(19)10-3-5-11(6-4-10)18-15(20)13-8-7-12(9-16)21-13/h3-8H,2,9,16H2,1H3,(H,17,19)(H,18,20). The van der Waals surface area contributed by atoms with Crippen LogP contribution >= 0.6 is 0 Å². The van der Waals surface area contributed by atoms with Crippen molar-refractivity contribution in [2.75, 3.05) is 11.9 Å². The Balaban J connectivity index is 2.02. The molecule has 0 fully saturated rings. The molecule has 0 bridgehead atoms. The Morgan fingerprint density at radius 1 is 1.10 bits per heavy atom. The first-order valence-electron chi connectivity index (χ1n) is 6.62. The molecule has 2 rings (SSSR count). The molecule has 0 radical (unpaired) electrons. The lowest BCUT2D eigenvalue weighted by atomic mass is 10.2. The Labute approximate surface area is 122 Å². The van der Waals surface area contributed by atoms with Gasteiger partial charge >= 0.3 is 0 Å². The lowest BCUT2D eigenvalue weighted by Gasteiger charge is -2.05. The maximum absolute atomic E-state index is 11.9. The van der Waals surface area contributed by atoms with E-state index in [0.717, 1.165) is 0 Å². The van der Waals surface area contributed by atoms with E-state index < -0.39 is 0 Å². The van der Waals surface area contributed by atoms with E-state index in [0.29, 0.717) is 23.6 Å². The van der Waals surface area contributed by atoms with E-state index in [4.69, 9.17) is 10.2 Å². The van der Waals surface area contributed by atoms with Crippen LogP contribution in [-0.4, -0.2) is 18.4 Å². The number of benzene rings is 1. The predicted molar refractivity (Wildman–Crippen MR) is 79.0 cm³/mol. The first kappa shape index (κ1) is 14.8. The molecule has 2 aromatic rings. The second-order valence-electron chi connectivity index (χ2n) is 4.36. The van der Waals surface area contributed by atoms with Crippen molar-refractivity contribution in [3.8, 4) is 0 Å². The smallest absolute Gasteiger partial charge is 0.291 e. The highest BCUT2D eigenvalue weighted by atomic mass is 16.4. The van der Waals surface area contributed by atoms with Crippen LogP contribution < -0.4 is 16.4 Å². The summed E-state index contributed by atoms with van der Waals surface area (Å²) in [5, 5.41) is 5.39. The Hall–Kier alpha value is -2.60. The monoisotopic (exact) mass is 287 g/mol. The van der Waals surface area contributed by atoms with Gasteiger partial charge in [0.25, 0.3) is 11.8 Å². The fourth-order valence-electron chi connectivity index (χ4n) is 1.77. The second kappa shape index (κ2) is 6.71. The summed E-state index contributed by atoms with van der Waals surface area (Å²) in [6.45, 7) is 2.67. The predicted octanol–water partition coefficient (Wildman–Crippen LogP) is 1.74. The molecule has 0 spiro atoms. The number of nitrogens with one attached hydrogen (secondary N) is 2. The second-order valence-corrected chi connectivity index (χ2v) is 4.36. The third-order valence-electron chi connectivity index (χ3n) is 2.83. The topological polar surface area (TPSA) is 97.4 Å². The van der Waals surface area contributed by atoms with Crippen molar-refractivity contribution in [1.29, 1.82) is 0 Å². The molecule has 0 saturated heterocycles. The number of furan rings is 1. The van der Waals surface area contributed by atoms with Crippen molar-refractivity contribution in [2.24, 2.45) is 5.73 Å². The number of hydrogen-bond donors (Lipinski definition) is 3. The van der Waals surface area contributed by atoms with Crippen molar-refractivity contribution in [3.63, 3.8) is 0 Å². The minimum atomic E-state index is -0.361. The molecule has 21 heavy (non-hydrogen) atoms. The highest BCUT2D eigenvalue weighted by Crippen LogP contribution is 2.13. The molecular formula is C15H17N3O3. The first-order valence-corrected chi connectivity index (χ1v) is 6.62. The third-order valence-corrected chi connectivity index (χ3v) is 2.83. The lowest BCUT2D eigenvalue weighted by molar-refractivity contribution is 0.0955. The van der Waals surface area contributed by atoms with Gasteiger partial charge in [0.1, 0.15) is 5.76 Å². The molecule has 0 atom stereocenters. The molecule has 4 N–H and O–H groups in total. The fraction of sp³-hybridized carbons (Fsp3) is 0.200. The van der Waals surface area contributed by atoms with Gasteiger partial charge in [-0.3, -0.25) is 9.59 Å². The summed E-state index contributed by atoms with van der Waals surface area (Å²) < 4.78 is 5.26. The number of carbonyl (C=O) groups excluding carboxylic acids is 2. The van der Waals surface area contributed by atoms with Gasteiger partial charge in [0, 0.05) is 17.8 Å². The number of nitrogens with two attached hydrogens (primary N) is 1. The Kier molecular flexibility index (Phi) is 4.73. The zero-order valence-electron chi connectivity index (χ0n) is 11.7. The Bertz CT molecular complexity index is 632. The van der Waals surface area contributed by atoms with Gasteiger partial charge in [-0.2, -0.15) is 0 Å². The van der Waals surface area contributed by atoms with Crippen LogP contribution in [0.1, 0.15) is 33.6 Å². The normalized spacial score (nSPS) is 10.2. The van der Waals surface area contributed by atoms with Gasteiger partial charge in [0.2, 0.25) is 0 Å². The Morgan fingerprint density at radius 2 is 1.81 bits per heavy atom. The molecule has 0 aliphatic carbocycles. The van der Waals surface area contributed by atoms with Gasteiger partial charge in [-0.15, -0.1) is 0 Å². The minimum Gasteiger partial charge on any atom is -0.455 e. The molecule has 1 aromatic heterocycles. The van der Waals surface area contributed by atoms with Gasteiger partial charge in [-0.1, -0.05) is 0 Å². The number of rotatable bonds is 5. The quantitative estimate of drug-likeness (QED) is 0.780. The first-order chi connectivity index (χ1) is 10.1. The number of amides is 2. The molecule has 0 aliphatic heterocycles. The van der Waals surface area contributed by atoms with E-state index in [2.05, 4.69) is 10.6 Å². The van der Waals surface area contributed by atoms with E-state index in [-0.39, 0.29) is 24.1 Å². The van der Waals surface area contributed by atoms with Crippen molar-refractivity contribution >= 4 is 17.5 Å². The molecule has 0 unspecified atom stereocenters. The fourth-order valence-corrected chi connectivity index (χ4v) is 1.77. The van der Waals surface area contributed by atoms with Gasteiger partial charge in [0.15, 0.2) is 5.76 Å². The maximum atomic E-state index is 11.9. The molecule has 2 amide bonds. The average molecular weight is 287 g/mol. The van der Waals surface area contributed by atoms with Crippen molar-refractivity contribution in [2.45, 2.75) is 13.5 Å². The molecule has 0 aliphatic rings. The van der Waals surface area contributed by atoms with Crippen molar-refractivity contribution in [3.05, 3.63) is 53.5 Å². The largest absolute Gasteiger partial charge is 0.455 e. The SMILES string of the molecule is CCNC(=O)c1ccc(NC(=O)c2ccc(CN)o2)cc1. The summed E-state index contributed by atoms with van der Waals surface area (Å²) in [4.78, 5) is 23.5. The zero-order valence-corrected chi connectivity index (χ0v) is 11.7. The van der Waals surface area contributed by atoms with Crippen LogP contribution in [0.4, 0.5) is 5.69 Å². The summed E-state index contributed by atoms with van der Waals surface area (Å²) in [7, 11) is 0. The van der Waals surface area contributed by atoms with E-state index in [1.807, 2.05) is 6.92 Å². The van der Waals surface area contributed by atoms with Gasteiger partial charge < -0.3 is 20.8 Å². The van der Waals surface area contributed by atoms with E-state index in [1.54, 1.807) is 36.4 Å². The van der Waals surface area contributed by atoms with Crippen LogP contribution in [0.3, 0.4) is 0 Å². The third kappa shape index (κ3) is 3.70. The van der Waals surface area contributed by atoms with E-state index >= 15 is 0 Å². The summed E-state index contributed by atoms with van der Waals surface area (Å²) in [6, 6.07) is 9.85. The van der Waals surface area contributed by atoms with Crippen LogP contribution in [0.2, 0.25) is 0 Å². The van der Waals surface area contributed by atoms with Gasteiger partial charge in [-0.25, -0.2) is 0 Å². The summed E-state index contributed by atoms with van der Waals surface area (Å²) >= 11 is 0.